The summed E-state index contributed by atoms with van der Waals surface area (Å²) < 4.78 is 31.9. The second kappa shape index (κ2) is 2.65. The predicted octanol–water partition coefficient (Wildman–Crippen LogP) is 1.33. The predicted molar refractivity (Wildman–Crippen MR) is 39.9 cm³/mol. The Bertz CT molecular complexity index is 127. The van der Waals surface area contributed by atoms with Crippen molar-refractivity contribution in [2.45, 2.75) is 12.6 Å². The fourth-order valence-electron chi connectivity index (χ4n) is 1.00. The molecule has 1 heterocycles. The van der Waals surface area contributed by atoms with Crippen LogP contribution in [0.2, 0.25) is 0 Å². The first-order valence-corrected chi connectivity index (χ1v) is 5.04. The highest BCUT2D eigenvalue weighted by Crippen LogP contribution is 2.41. The van der Waals surface area contributed by atoms with Gasteiger partial charge in [-0.2, -0.15) is 0 Å². The maximum absolute atomic E-state index is 12.5. The van der Waals surface area contributed by atoms with Gasteiger partial charge in [-0.1, -0.05) is 0 Å². The number of rotatable bonds is 1. The van der Waals surface area contributed by atoms with Crippen molar-refractivity contribution in [3.8, 4) is 0 Å². The van der Waals surface area contributed by atoms with Crippen LogP contribution >= 0.6 is 10.8 Å². The van der Waals surface area contributed by atoms with Gasteiger partial charge in [0, 0.05) is 19.3 Å². The van der Waals surface area contributed by atoms with E-state index in [1.54, 1.807) is 0 Å². The number of nitrogens with zero attached hydrogens (tertiary/aromatic N) is 1. The van der Waals surface area contributed by atoms with Crippen molar-refractivity contribution in [1.29, 1.82) is 0 Å². The van der Waals surface area contributed by atoms with Crippen LogP contribution in [0, 0.1) is 0 Å². The molecule has 1 atom stereocenters. The summed E-state index contributed by atoms with van der Waals surface area (Å²) >= 11 is 0. The highest BCUT2D eigenvalue weighted by Gasteiger charge is 2.28. The maximum atomic E-state index is 12.5. The van der Waals surface area contributed by atoms with E-state index in [4.69, 9.17) is 9.11 Å². The average Bonchev–Trinajstić information content (AvgIpc) is 2.11. The van der Waals surface area contributed by atoms with Crippen LogP contribution in [0.15, 0.2) is 0 Å². The molecular weight excluding hydrogens is 157 g/mol. The lowest BCUT2D eigenvalue weighted by Crippen LogP contribution is -2.24. The van der Waals surface area contributed by atoms with Crippen LogP contribution in [-0.2, 0) is 0 Å². The normalized spacial score (nSPS) is 31.0. The number of hydrogen-bond donors (Lipinski definition) is 2. The summed E-state index contributed by atoms with van der Waals surface area (Å²) in [6.07, 6.45) is 0.862. The zero-order chi connectivity index (χ0) is 7.78. The molecule has 0 radical (unpaired) electrons. The minimum atomic E-state index is -2.64. The van der Waals surface area contributed by atoms with Crippen molar-refractivity contribution in [1.82, 2.24) is 4.31 Å². The molecule has 0 aromatic heterocycles. The third kappa shape index (κ3) is 1.82. The van der Waals surface area contributed by atoms with E-state index >= 15 is 0 Å². The van der Waals surface area contributed by atoms with Gasteiger partial charge in [-0.05, 0) is 6.42 Å². The highest BCUT2D eigenvalue weighted by molar-refractivity contribution is 8.21. The van der Waals surface area contributed by atoms with Gasteiger partial charge < -0.3 is 0 Å². The molecule has 10 heavy (non-hydrogen) atoms. The Balaban J connectivity index is 2.45. The number of halogens is 1. The van der Waals surface area contributed by atoms with Crippen LogP contribution in [0.25, 0.3) is 0 Å². The topological polar surface area (TPSA) is 43.7 Å². The molecule has 3 nitrogen and oxygen atoms in total. The first-order valence-electron chi connectivity index (χ1n) is 3.12. The van der Waals surface area contributed by atoms with Crippen molar-refractivity contribution in [3.05, 3.63) is 0 Å². The minimum absolute atomic E-state index is 0.166. The quantitative estimate of drug-likeness (QED) is 0.622. The molecule has 1 saturated heterocycles. The SMILES string of the molecule is CS(O)(O)N1CCC(F)C1. The van der Waals surface area contributed by atoms with Crippen molar-refractivity contribution in [3.63, 3.8) is 0 Å². The fourth-order valence-corrected chi connectivity index (χ4v) is 1.90. The lowest BCUT2D eigenvalue weighted by Gasteiger charge is -2.36. The largest absolute Gasteiger partial charge is 0.286 e. The molecule has 1 unspecified atom stereocenters. The highest BCUT2D eigenvalue weighted by atomic mass is 32.3. The molecule has 5 heteroatoms. The molecule has 62 valence electrons. The Morgan fingerprint density at radius 1 is 1.60 bits per heavy atom. The summed E-state index contributed by atoms with van der Waals surface area (Å²) in [6.45, 7) is 0.624. The Labute approximate surface area is 61.3 Å². The van der Waals surface area contributed by atoms with Crippen LogP contribution in [0.3, 0.4) is 0 Å². The summed E-state index contributed by atoms with van der Waals surface area (Å²) in [7, 11) is -2.64. The van der Waals surface area contributed by atoms with Gasteiger partial charge in [0.2, 0.25) is 0 Å². The lowest BCUT2D eigenvalue weighted by molar-refractivity contribution is 0.330. The second-order valence-corrected chi connectivity index (χ2v) is 4.67. The molecule has 0 saturated carbocycles. The van der Waals surface area contributed by atoms with Crippen LogP contribution in [0.1, 0.15) is 6.42 Å². The van der Waals surface area contributed by atoms with E-state index in [9.17, 15) is 4.39 Å². The maximum Gasteiger partial charge on any atom is 0.116 e. The summed E-state index contributed by atoms with van der Waals surface area (Å²) in [5, 5.41) is 0. The van der Waals surface area contributed by atoms with Crippen LogP contribution in [-0.4, -0.2) is 38.9 Å². The average molecular weight is 169 g/mol. The van der Waals surface area contributed by atoms with Crippen molar-refractivity contribution in [2.75, 3.05) is 19.3 Å². The lowest BCUT2D eigenvalue weighted by atomic mass is 10.4. The Hall–Kier alpha value is 0.160. The summed E-state index contributed by atoms with van der Waals surface area (Å²) in [6, 6.07) is 0. The van der Waals surface area contributed by atoms with Gasteiger partial charge in [-0.3, -0.25) is 9.11 Å². The van der Waals surface area contributed by atoms with Crippen LogP contribution in [0.5, 0.6) is 0 Å². The molecule has 0 aliphatic carbocycles. The van der Waals surface area contributed by atoms with Crippen molar-refractivity contribution in [2.24, 2.45) is 0 Å². The molecule has 1 aliphatic rings. The molecule has 1 fully saturated rings. The Morgan fingerprint density at radius 3 is 2.40 bits per heavy atom. The summed E-state index contributed by atoms with van der Waals surface area (Å²) in [5.41, 5.74) is 0. The van der Waals surface area contributed by atoms with Gasteiger partial charge in [0.15, 0.2) is 0 Å². The first-order chi connectivity index (χ1) is 4.50. The van der Waals surface area contributed by atoms with Crippen molar-refractivity contribution >= 4 is 10.8 Å². The molecule has 1 rings (SSSR count). The summed E-state index contributed by atoms with van der Waals surface area (Å²) in [5.74, 6) is 0. The van der Waals surface area contributed by atoms with Gasteiger partial charge >= 0.3 is 0 Å². The molecule has 0 amide bonds. The summed E-state index contributed by atoms with van der Waals surface area (Å²) in [4.78, 5) is 0. The minimum Gasteiger partial charge on any atom is -0.286 e. The fraction of sp³-hybridized carbons (Fsp3) is 1.00. The molecule has 1 aliphatic heterocycles. The zero-order valence-corrected chi connectivity index (χ0v) is 6.64. The molecule has 2 N–H and O–H groups in total. The molecule has 0 aromatic carbocycles. The molecule has 0 spiro atoms. The van der Waals surface area contributed by atoms with E-state index in [2.05, 4.69) is 0 Å². The van der Waals surface area contributed by atoms with E-state index in [0.29, 0.717) is 13.0 Å². The van der Waals surface area contributed by atoms with Crippen LogP contribution in [0.4, 0.5) is 4.39 Å². The van der Waals surface area contributed by atoms with Gasteiger partial charge in [0.25, 0.3) is 0 Å². The van der Waals surface area contributed by atoms with E-state index in [-0.39, 0.29) is 6.54 Å². The Kier molecular flexibility index (Phi) is 2.19. The molecule has 0 aromatic rings. The van der Waals surface area contributed by atoms with Gasteiger partial charge in [0.05, 0.1) is 0 Å². The number of alkyl halides is 1. The van der Waals surface area contributed by atoms with E-state index in [1.165, 1.54) is 10.6 Å². The third-order valence-electron chi connectivity index (χ3n) is 1.58. The standard InChI is InChI=1S/C5H12FNO2S/c1-10(8,9)7-3-2-5(6)4-7/h5,8-9H,2-4H2,1H3. The monoisotopic (exact) mass is 169 g/mol. The van der Waals surface area contributed by atoms with Crippen molar-refractivity contribution < 1.29 is 13.5 Å². The zero-order valence-electron chi connectivity index (χ0n) is 5.83. The van der Waals surface area contributed by atoms with Gasteiger partial charge in [0.1, 0.15) is 6.17 Å². The van der Waals surface area contributed by atoms with Crippen LogP contribution < -0.4 is 0 Å². The molecule has 0 bridgehead atoms. The van der Waals surface area contributed by atoms with E-state index in [0.717, 1.165) is 0 Å². The second-order valence-electron chi connectivity index (χ2n) is 2.57. The van der Waals surface area contributed by atoms with E-state index in [1.807, 2.05) is 0 Å². The van der Waals surface area contributed by atoms with E-state index < -0.39 is 16.9 Å². The van der Waals surface area contributed by atoms with Gasteiger partial charge in [-0.25, -0.2) is 8.70 Å². The smallest absolute Gasteiger partial charge is 0.116 e. The van der Waals surface area contributed by atoms with Gasteiger partial charge in [-0.15, -0.1) is 10.8 Å². The Morgan fingerprint density at radius 2 is 2.20 bits per heavy atom. The third-order valence-corrected chi connectivity index (χ3v) is 2.89. The first kappa shape index (κ1) is 8.26. The number of hydrogen-bond acceptors (Lipinski definition) is 3. The molecular formula is C5H12FNO2S.